The van der Waals surface area contributed by atoms with E-state index in [2.05, 4.69) is 43.6 Å². The molecule has 1 fully saturated rings. The molecule has 2 rings (SSSR count). The van der Waals surface area contributed by atoms with Crippen molar-refractivity contribution in [2.45, 2.75) is 76.7 Å². The minimum atomic E-state index is 0.549. The van der Waals surface area contributed by atoms with Crippen LogP contribution in [0.2, 0.25) is 0 Å². The highest BCUT2D eigenvalue weighted by atomic mass is 14.9. The second kappa shape index (κ2) is 8.46. The zero-order valence-electron chi connectivity index (χ0n) is 13.3. The van der Waals surface area contributed by atoms with Crippen LogP contribution >= 0.6 is 0 Å². The molecule has 0 aliphatic heterocycles. The molecular formula is C19H31N. The molecule has 0 heterocycles. The number of rotatable bonds is 9. The van der Waals surface area contributed by atoms with Gasteiger partial charge in [0, 0.05) is 6.04 Å². The van der Waals surface area contributed by atoms with Gasteiger partial charge in [0.15, 0.2) is 0 Å². The van der Waals surface area contributed by atoms with Crippen molar-refractivity contribution in [1.29, 1.82) is 0 Å². The van der Waals surface area contributed by atoms with Gasteiger partial charge in [0.25, 0.3) is 0 Å². The van der Waals surface area contributed by atoms with Crippen LogP contribution in [-0.4, -0.2) is 7.05 Å². The molecule has 1 aromatic carbocycles. The molecule has 1 unspecified atom stereocenters. The highest BCUT2D eigenvalue weighted by molar-refractivity contribution is 5.34. The summed E-state index contributed by atoms with van der Waals surface area (Å²) in [4.78, 5) is 0. The van der Waals surface area contributed by atoms with Gasteiger partial charge in [-0.3, -0.25) is 0 Å². The predicted molar refractivity (Wildman–Crippen MR) is 88.2 cm³/mol. The monoisotopic (exact) mass is 273 g/mol. The van der Waals surface area contributed by atoms with Crippen molar-refractivity contribution in [3.8, 4) is 0 Å². The molecule has 0 bridgehead atoms. The lowest BCUT2D eigenvalue weighted by Crippen LogP contribution is -2.20. The predicted octanol–water partition coefficient (Wildman–Crippen LogP) is 5.58. The zero-order chi connectivity index (χ0) is 14.2. The molecule has 1 aliphatic rings. The van der Waals surface area contributed by atoms with Gasteiger partial charge < -0.3 is 5.32 Å². The van der Waals surface area contributed by atoms with Gasteiger partial charge in [-0.25, -0.2) is 0 Å². The van der Waals surface area contributed by atoms with Crippen LogP contribution in [0, 0.1) is 0 Å². The molecule has 20 heavy (non-hydrogen) atoms. The zero-order valence-corrected chi connectivity index (χ0v) is 13.3. The number of benzene rings is 1. The van der Waals surface area contributed by atoms with Crippen LogP contribution < -0.4 is 5.32 Å². The van der Waals surface area contributed by atoms with E-state index in [9.17, 15) is 0 Å². The quantitative estimate of drug-likeness (QED) is 0.579. The normalized spacial score (nSPS) is 16.9. The maximum atomic E-state index is 3.55. The summed E-state index contributed by atoms with van der Waals surface area (Å²) in [5, 5.41) is 3.55. The Hall–Kier alpha value is -0.820. The molecule has 1 atom stereocenters. The fourth-order valence-corrected chi connectivity index (χ4v) is 3.33. The van der Waals surface area contributed by atoms with Gasteiger partial charge in [-0.05, 0) is 43.4 Å². The lowest BCUT2D eigenvalue weighted by atomic mass is 9.77. The van der Waals surface area contributed by atoms with Gasteiger partial charge in [-0.2, -0.15) is 0 Å². The van der Waals surface area contributed by atoms with E-state index in [0.717, 1.165) is 5.92 Å². The second-order valence-electron chi connectivity index (χ2n) is 6.30. The molecular weight excluding hydrogens is 242 g/mol. The molecule has 1 heteroatoms. The van der Waals surface area contributed by atoms with E-state index in [1.54, 1.807) is 11.1 Å². The van der Waals surface area contributed by atoms with Gasteiger partial charge in [0.1, 0.15) is 0 Å². The molecule has 1 saturated carbocycles. The van der Waals surface area contributed by atoms with Gasteiger partial charge in [0.05, 0.1) is 0 Å². The van der Waals surface area contributed by atoms with Crippen molar-refractivity contribution in [3.63, 3.8) is 0 Å². The van der Waals surface area contributed by atoms with E-state index < -0.39 is 0 Å². The van der Waals surface area contributed by atoms with Crippen LogP contribution in [0.15, 0.2) is 24.3 Å². The number of hydrogen-bond acceptors (Lipinski definition) is 1. The Kier molecular flexibility index (Phi) is 6.59. The van der Waals surface area contributed by atoms with E-state index >= 15 is 0 Å². The molecule has 1 aliphatic carbocycles. The Morgan fingerprint density at radius 2 is 1.85 bits per heavy atom. The van der Waals surface area contributed by atoms with Crippen molar-refractivity contribution in [1.82, 2.24) is 5.32 Å². The smallest absolute Gasteiger partial charge is 0.0320 e. The first-order chi connectivity index (χ1) is 9.86. The molecule has 1 aromatic rings. The van der Waals surface area contributed by atoms with Crippen molar-refractivity contribution < 1.29 is 0 Å². The standard InChI is InChI=1S/C19H31N/c1-3-4-5-6-7-15-19(20-2)18-14-9-8-13-17(18)16-11-10-12-16/h8-9,13-14,16,19-20H,3-7,10-12,15H2,1-2H3. The summed E-state index contributed by atoms with van der Waals surface area (Å²) in [5.41, 5.74) is 3.18. The van der Waals surface area contributed by atoms with Crippen LogP contribution in [0.5, 0.6) is 0 Å². The Morgan fingerprint density at radius 1 is 1.10 bits per heavy atom. The van der Waals surface area contributed by atoms with Gasteiger partial charge >= 0.3 is 0 Å². The first-order valence-electron chi connectivity index (χ1n) is 8.63. The maximum absolute atomic E-state index is 3.55. The summed E-state index contributed by atoms with van der Waals surface area (Å²) in [6.07, 6.45) is 12.3. The topological polar surface area (TPSA) is 12.0 Å². The first kappa shape index (κ1) is 15.6. The molecule has 1 nitrogen and oxygen atoms in total. The summed E-state index contributed by atoms with van der Waals surface area (Å²) in [6, 6.07) is 9.68. The molecule has 112 valence electrons. The van der Waals surface area contributed by atoms with Gasteiger partial charge in [-0.15, -0.1) is 0 Å². The van der Waals surface area contributed by atoms with Gasteiger partial charge in [0.2, 0.25) is 0 Å². The Morgan fingerprint density at radius 3 is 2.50 bits per heavy atom. The highest BCUT2D eigenvalue weighted by Crippen LogP contribution is 2.40. The molecule has 0 aromatic heterocycles. The van der Waals surface area contributed by atoms with Gasteiger partial charge in [-0.1, -0.05) is 69.7 Å². The summed E-state index contributed by atoms with van der Waals surface area (Å²) in [6.45, 7) is 2.28. The summed E-state index contributed by atoms with van der Waals surface area (Å²) in [7, 11) is 2.12. The van der Waals surface area contributed by atoms with Crippen LogP contribution in [-0.2, 0) is 0 Å². The molecule has 0 saturated heterocycles. The summed E-state index contributed by atoms with van der Waals surface area (Å²) >= 11 is 0. The van der Waals surface area contributed by atoms with Crippen molar-refractivity contribution in [2.75, 3.05) is 7.05 Å². The minimum absolute atomic E-state index is 0.549. The fraction of sp³-hybridized carbons (Fsp3) is 0.684. The third-order valence-corrected chi connectivity index (χ3v) is 4.86. The lowest BCUT2D eigenvalue weighted by molar-refractivity contribution is 0.409. The second-order valence-corrected chi connectivity index (χ2v) is 6.30. The minimum Gasteiger partial charge on any atom is -0.313 e. The average Bonchev–Trinajstić information content (AvgIpc) is 2.42. The van der Waals surface area contributed by atoms with Crippen LogP contribution in [0.25, 0.3) is 0 Å². The molecule has 0 spiro atoms. The van der Waals surface area contributed by atoms with E-state index in [1.807, 2.05) is 0 Å². The number of unbranched alkanes of at least 4 members (excludes halogenated alkanes) is 4. The van der Waals surface area contributed by atoms with Crippen molar-refractivity contribution in [3.05, 3.63) is 35.4 Å². The fourth-order valence-electron chi connectivity index (χ4n) is 3.33. The summed E-state index contributed by atoms with van der Waals surface area (Å²) in [5.74, 6) is 0.835. The largest absolute Gasteiger partial charge is 0.313 e. The highest BCUT2D eigenvalue weighted by Gasteiger charge is 2.24. The Labute approximate surface area is 125 Å². The third kappa shape index (κ3) is 4.09. The Bertz CT molecular complexity index is 381. The van der Waals surface area contributed by atoms with E-state index in [0.29, 0.717) is 6.04 Å². The number of nitrogens with one attached hydrogen (secondary N) is 1. The van der Waals surface area contributed by atoms with E-state index in [4.69, 9.17) is 0 Å². The van der Waals surface area contributed by atoms with E-state index in [1.165, 1.54) is 57.8 Å². The molecule has 1 N–H and O–H groups in total. The lowest BCUT2D eigenvalue weighted by Gasteiger charge is -2.30. The Balaban J connectivity index is 1.92. The SMILES string of the molecule is CCCCCCCC(NC)c1ccccc1C1CCC1. The third-order valence-electron chi connectivity index (χ3n) is 4.86. The van der Waals surface area contributed by atoms with E-state index in [-0.39, 0.29) is 0 Å². The number of hydrogen-bond donors (Lipinski definition) is 1. The summed E-state index contributed by atoms with van der Waals surface area (Å²) < 4.78 is 0. The molecule has 0 amide bonds. The van der Waals surface area contributed by atoms with Crippen molar-refractivity contribution in [2.24, 2.45) is 0 Å². The average molecular weight is 273 g/mol. The van der Waals surface area contributed by atoms with Crippen LogP contribution in [0.3, 0.4) is 0 Å². The molecule has 0 radical (unpaired) electrons. The van der Waals surface area contributed by atoms with Crippen LogP contribution in [0.1, 0.15) is 87.8 Å². The first-order valence-corrected chi connectivity index (χ1v) is 8.63. The van der Waals surface area contributed by atoms with Crippen LogP contribution in [0.4, 0.5) is 0 Å². The van der Waals surface area contributed by atoms with Crippen molar-refractivity contribution >= 4 is 0 Å². The maximum Gasteiger partial charge on any atom is 0.0320 e.